The fraction of sp³-hybridized carbons (Fsp3) is 0.0645. The minimum absolute atomic E-state index is 0.711. The van der Waals surface area contributed by atoms with Crippen molar-refractivity contribution >= 4 is 11.4 Å². The maximum atomic E-state index is 7.40. The molecule has 67 heavy (non-hydrogen) atoms. The lowest BCUT2D eigenvalue weighted by molar-refractivity contribution is 0.357. The van der Waals surface area contributed by atoms with Gasteiger partial charge in [0.1, 0.15) is 34.5 Å². The first-order valence-corrected chi connectivity index (χ1v) is 23.0. The molecule has 0 unspecified atom stereocenters. The Hall–Kier alpha value is -8.54. The number of fused-ring (bicyclic) bond motifs is 16. The van der Waals surface area contributed by atoms with E-state index < -0.39 is 10.8 Å². The van der Waals surface area contributed by atoms with Crippen LogP contribution in [0.1, 0.15) is 51.8 Å². The lowest BCUT2D eigenvalue weighted by Crippen LogP contribution is -2.41. The lowest BCUT2D eigenvalue weighted by atomic mass is 9.60. The van der Waals surface area contributed by atoms with E-state index in [1.54, 1.807) is 0 Å². The summed E-state index contributed by atoms with van der Waals surface area (Å²) in [5.41, 5.74) is 12.3. The molecule has 4 heterocycles. The van der Waals surface area contributed by atoms with E-state index in [9.17, 15) is 0 Å². The number of ether oxygens (including phenoxy) is 4. The van der Waals surface area contributed by atoms with E-state index in [1.807, 2.05) is 0 Å². The van der Waals surface area contributed by atoms with Crippen LogP contribution in [0.25, 0.3) is 11.1 Å². The van der Waals surface area contributed by atoms with Gasteiger partial charge in [0.05, 0.1) is 22.2 Å². The minimum Gasteiger partial charge on any atom is -0.457 e. The van der Waals surface area contributed by atoms with Crippen LogP contribution in [0.4, 0.5) is 11.4 Å². The van der Waals surface area contributed by atoms with Crippen molar-refractivity contribution in [2.75, 3.05) is 4.90 Å². The summed E-state index contributed by atoms with van der Waals surface area (Å²) < 4.78 is 28.2. The van der Waals surface area contributed by atoms with Gasteiger partial charge >= 0.3 is 0 Å². The molecule has 5 aliphatic rings. The van der Waals surface area contributed by atoms with E-state index in [0.717, 1.165) is 125 Å². The van der Waals surface area contributed by atoms with Crippen molar-refractivity contribution in [1.29, 1.82) is 0 Å². The van der Waals surface area contributed by atoms with E-state index in [4.69, 9.17) is 18.9 Å². The van der Waals surface area contributed by atoms with E-state index in [2.05, 4.69) is 229 Å². The van der Waals surface area contributed by atoms with Crippen LogP contribution < -0.4 is 23.8 Å². The van der Waals surface area contributed by atoms with E-state index in [1.165, 1.54) is 0 Å². The van der Waals surface area contributed by atoms with E-state index in [-0.39, 0.29) is 0 Å². The zero-order valence-corrected chi connectivity index (χ0v) is 36.4. The molecule has 9 aromatic rings. The van der Waals surface area contributed by atoms with Gasteiger partial charge in [-0.3, -0.25) is 0 Å². The number of nitrogens with zero attached hydrogens (tertiary/aromatic N) is 1. The highest BCUT2D eigenvalue weighted by Crippen LogP contribution is 2.65. The highest BCUT2D eigenvalue weighted by molar-refractivity contribution is 5.85. The maximum absolute atomic E-state index is 7.40. The topological polar surface area (TPSA) is 40.2 Å². The Bertz CT molecular complexity index is 3440. The molecule has 0 aromatic heterocycles. The van der Waals surface area contributed by atoms with Crippen molar-refractivity contribution in [1.82, 2.24) is 0 Å². The van der Waals surface area contributed by atoms with Gasteiger partial charge in [-0.1, -0.05) is 170 Å². The SMILES string of the molecule is C1=C2C(=C(N(c3ccc(-c4ccccc4)cc3)c3cccc4c3Oc3ccccc3C43c4ccccc4Oc4ccccc43)CC1)Oc1ccccc1C21c2ccccc2Oc2ccccc21. The fourth-order valence-corrected chi connectivity index (χ4v) is 11.7. The van der Waals surface area contributed by atoms with Gasteiger partial charge in [0.25, 0.3) is 0 Å². The summed E-state index contributed by atoms with van der Waals surface area (Å²) >= 11 is 0. The number of benzene rings is 9. The van der Waals surface area contributed by atoms with Crippen LogP contribution in [0.5, 0.6) is 40.2 Å². The van der Waals surface area contributed by atoms with Gasteiger partial charge in [0.15, 0.2) is 11.5 Å². The average Bonchev–Trinajstić information content (AvgIpc) is 3.39. The van der Waals surface area contributed by atoms with Gasteiger partial charge in [-0.05, 0) is 78.6 Å². The fourth-order valence-electron chi connectivity index (χ4n) is 11.7. The molecular formula is C62H41NO4. The van der Waals surface area contributed by atoms with Crippen molar-refractivity contribution in [3.63, 3.8) is 0 Å². The molecule has 2 spiro atoms. The summed E-state index contributed by atoms with van der Waals surface area (Å²) in [6.07, 6.45) is 3.90. The van der Waals surface area contributed by atoms with Crippen LogP contribution in [-0.2, 0) is 10.8 Å². The predicted molar refractivity (Wildman–Crippen MR) is 263 cm³/mol. The van der Waals surface area contributed by atoms with Crippen molar-refractivity contribution < 1.29 is 18.9 Å². The predicted octanol–water partition coefficient (Wildman–Crippen LogP) is 15.6. The largest absolute Gasteiger partial charge is 0.457 e. The quantitative estimate of drug-likeness (QED) is 0.176. The van der Waals surface area contributed by atoms with Gasteiger partial charge < -0.3 is 23.8 Å². The van der Waals surface area contributed by atoms with E-state index in [0.29, 0.717) is 6.42 Å². The second-order valence-corrected chi connectivity index (χ2v) is 17.7. The van der Waals surface area contributed by atoms with Gasteiger partial charge in [-0.15, -0.1) is 0 Å². The molecule has 4 aliphatic heterocycles. The highest BCUT2D eigenvalue weighted by atomic mass is 16.5. The molecule has 0 saturated heterocycles. The van der Waals surface area contributed by atoms with Gasteiger partial charge in [-0.2, -0.15) is 0 Å². The van der Waals surface area contributed by atoms with Crippen LogP contribution in [-0.4, -0.2) is 0 Å². The van der Waals surface area contributed by atoms with Crippen LogP contribution in [0.3, 0.4) is 0 Å². The molecule has 0 N–H and O–H groups in total. The Morgan fingerprint density at radius 3 is 1.28 bits per heavy atom. The van der Waals surface area contributed by atoms with Crippen LogP contribution >= 0.6 is 0 Å². The monoisotopic (exact) mass is 863 g/mol. The molecule has 9 aromatic carbocycles. The first-order valence-electron chi connectivity index (χ1n) is 23.0. The normalized spacial score (nSPS) is 15.8. The van der Waals surface area contributed by atoms with Crippen molar-refractivity contribution in [2.45, 2.75) is 23.7 Å². The third-order valence-electron chi connectivity index (χ3n) is 14.4. The summed E-state index contributed by atoms with van der Waals surface area (Å²) in [6.45, 7) is 0. The second-order valence-electron chi connectivity index (χ2n) is 17.7. The Kier molecular flexibility index (Phi) is 8.17. The molecule has 0 bridgehead atoms. The number of anilines is 2. The van der Waals surface area contributed by atoms with Crippen LogP contribution in [0, 0.1) is 0 Å². The number of hydrogen-bond acceptors (Lipinski definition) is 5. The molecule has 1 aliphatic carbocycles. The molecule has 0 fully saturated rings. The zero-order chi connectivity index (χ0) is 44.1. The van der Waals surface area contributed by atoms with Crippen molar-refractivity contribution in [2.24, 2.45) is 0 Å². The zero-order valence-electron chi connectivity index (χ0n) is 36.4. The first-order chi connectivity index (χ1) is 33.2. The summed E-state index contributed by atoms with van der Waals surface area (Å²) in [5, 5.41) is 0. The van der Waals surface area contributed by atoms with Gasteiger partial charge in [0, 0.05) is 50.2 Å². The Morgan fingerprint density at radius 2 is 0.761 bits per heavy atom. The van der Waals surface area contributed by atoms with Crippen molar-refractivity contribution in [3.8, 4) is 51.4 Å². The molecule has 0 amide bonds. The number of para-hydroxylation sites is 7. The standard InChI is InChI=1S/C62H41NO4/c1-2-18-40(19-3-1)41-36-38-42(39-37-41)63(51-28-16-26-49-59(51)66-57-34-14-8-24-47(57)61(49)43-20-4-10-30-53(43)64-54-31-11-5-21-44(54)61)52-29-17-27-50-60(52)67-58-35-15-9-25-48(58)62(50)45-22-6-12-32-55(45)65-56-33-13-7-23-46(56)62/h1-16,18-28,30-39H,17,29H2. The van der Waals surface area contributed by atoms with E-state index >= 15 is 0 Å². The van der Waals surface area contributed by atoms with Gasteiger partial charge in [0.2, 0.25) is 0 Å². The molecular weight excluding hydrogens is 823 g/mol. The summed E-state index contributed by atoms with van der Waals surface area (Å²) in [6, 6.07) is 77.1. The number of hydrogen-bond donors (Lipinski definition) is 0. The smallest absolute Gasteiger partial charge is 0.156 e. The maximum Gasteiger partial charge on any atom is 0.156 e. The summed E-state index contributed by atoms with van der Waals surface area (Å²) in [5.74, 6) is 6.54. The highest BCUT2D eigenvalue weighted by Gasteiger charge is 2.55. The number of rotatable bonds is 4. The third kappa shape index (κ3) is 5.25. The summed E-state index contributed by atoms with van der Waals surface area (Å²) in [4.78, 5) is 2.41. The second kappa shape index (κ2) is 14.5. The Morgan fingerprint density at radius 1 is 0.343 bits per heavy atom. The first kappa shape index (κ1) is 37.8. The number of allylic oxidation sites excluding steroid dienone is 3. The lowest BCUT2D eigenvalue weighted by Gasteiger charge is -2.48. The van der Waals surface area contributed by atoms with Crippen LogP contribution in [0.15, 0.2) is 241 Å². The van der Waals surface area contributed by atoms with Gasteiger partial charge in [-0.25, -0.2) is 0 Å². The van der Waals surface area contributed by atoms with Crippen molar-refractivity contribution in [3.05, 3.63) is 280 Å². The summed E-state index contributed by atoms with van der Waals surface area (Å²) in [7, 11) is 0. The molecule has 5 nitrogen and oxygen atoms in total. The van der Waals surface area contributed by atoms with Crippen LogP contribution in [0.2, 0.25) is 0 Å². The molecule has 14 rings (SSSR count). The Balaban J connectivity index is 1.07. The molecule has 0 radical (unpaired) electrons. The average molecular weight is 864 g/mol. The molecule has 0 atom stereocenters. The third-order valence-corrected chi connectivity index (χ3v) is 14.4. The molecule has 0 saturated carbocycles. The minimum atomic E-state index is -0.760. The molecule has 5 heteroatoms. The molecule has 318 valence electrons. The Labute approximate surface area is 389 Å².